The fraction of sp³-hybridized carbons (Fsp3) is 0.263. The third kappa shape index (κ3) is 5.06. The van der Waals surface area contributed by atoms with Gasteiger partial charge in [0.25, 0.3) is 5.91 Å². The number of nitrogens with one attached hydrogen (secondary N) is 2. The van der Waals surface area contributed by atoms with E-state index in [9.17, 15) is 9.59 Å². The molecular formula is C19H18BrClN2O2. The molecule has 0 heterocycles. The summed E-state index contributed by atoms with van der Waals surface area (Å²) < 4.78 is 0.754. The summed E-state index contributed by atoms with van der Waals surface area (Å²) in [6.45, 7) is 0. The number of halogens is 2. The molecule has 0 aromatic heterocycles. The van der Waals surface area contributed by atoms with E-state index in [-0.39, 0.29) is 17.9 Å². The molecule has 2 amide bonds. The predicted molar refractivity (Wildman–Crippen MR) is 102 cm³/mol. The zero-order chi connectivity index (χ0) is 17.8. The van der Waals surface area contributed by atoms with E-state index in [0.717, 1.165) is 22.9 Å². The molecule has 0 spiro atoms. The summed E-state index contributed by atoms with van der Waals surface area (Å²) in [6.07, 6.45) is 2.42. The van der Waals surface area contributed by atoms with Crippen LogP contribution in [0, 0.1) is 0 Å². The lowest BCUT2D eigenvalue weighted by atomic mass is 10.0. The van der Waals surface area contributed by atoms with Crippen LogP contribution in [0.2, 0.25) is 5.02 Å². The van der Waals surface area contributed by atoms with E-state index in [2.05, 4.69) is 26.6 Å². The van der Waals surface area contributed by atoms with Crippen LogP contribution in [0.3, 0.4) is 0 Å². The summed E-state index contributed by atoms with van der Waals surface area (Å²) in [6, 6.07) is 14.3. The smallest absolute Gasteiger partial charge is 0.253 e. The van der Waals surface area contributed by atoms with Gasteiger partial charge in [-0.2, -0.15) is 0 Å². The van der Waals surface area contributed by atoms with E-state index in [1.165, 1.54) is 0 Å². The summed E-state index contributed by atoms with van der Waals surface area (Å²) in [5.41, 5.74) is 1.33. The van der Waals surface area contributed by atoms with Gasteiger partial charge in [0.1, 0.15) is 6.04 Å². The van der Waals surface area contributed by atoms with Crippen molar-refractivity contribution in [1.82, 2.24) is 10.6 Å². The van der Waals surface area contributed by atoms with Crippen molar-refractivity contribution in [2.24, 2.45) is 0 Å². The Labute approximate surface area is 160 Å². The van der Waals surface area contributed by atoms with Gasteiger partial charge in [-0.15, -0.1) is 0 Å². The molecule has 2 N–H and O–H groups in total. The molecule has 0 bridgehead atoms. The quantitative estimate of drug-likeness (QED) is 0.747. The molecule has 0 aliphatic heterocycles. The Morgan fingerprint density at radius 3 is 2.56 bits per heavy atom. The second-order valence-corrected chi connectivity index (χ2v) is 7.45. The highest BCUT2D eigenvalue weighted by Gasteiger charge is 2.29. The number of hydrogen-bond donors (Lipinski definition) is 2. The van der Waals surface area contributed by atoms with E-state index in [0.29, 0.717) is 17.0 Å². The van der Waals surface area contributed by atoms with Crippen LogP contribution < -0.4 is 10.6 Å². The van der Waals surface area contributed by atoms with Crippen molar-refractivity contribution >= 4 is 39.3 Å². The molecule has 1 aliphatic carbocycles. The maximum atomic E-state index is 12.6. The number of amides is 2. The normalized spacial score (nSPS) is 14.6. The van der Waals surface area contributed by atoms with Gasteiger partial charge < -0.3 is 10.6 Å². The average molecular weight is 422 g/mol. The molecule has 0 saturated heterocycles. The number of hydrogen-bond acceptors (Lipinski definition) is 2. The molecule has 25 heavy (non-hydrogen) atoms. The number of rotatable bonds is 6. The molecule has 1 fully saturated rings. The van der Waals surface area contributed by atoms with Gasteiger partial charge in [0, 0.05) is 16.9 Å². The Balaban J connectivity index is 1.77. The molecule has 2 aromatic carbocycles. The third-order valence-corrected chi connectivity index (χ3v) is 4.82. The first kappa shape index (κ1) is 18.0. The van der Waals surface area contributed by atoms with Gasteiger partial charge in [-0.3, -0.25) is 9.59 Å². The molecule has 1 unspecified atom stereocenters. The van der Waals surface area contributed by atoms with Crippen molar-refractivity contribution in [3.63, 3.8) is 0 Å². The van der Waals surface area contributed by atoms with Crippen molar-refractivity contribution in [2.45, 2.75) is 31.3 Å². The van der Waals surface area contributed by atoms with Gasteiger partial charge in [-0.25, -0.2) is 0 Å². The molecular weight excluding hydrogens is 404 g/mol. The van der Waals surface area contributed by atoms with Crippen molar-refractivity contribution in [3.05, 3.63) is 69.2 Å². The second kappa shape index (κ2) is 8.02. The monoisotopic (exact) mass is 420 g/mol. The van der Waals surface area contributed by atoms with Crippen molar-refractivity contribution < 1.29 is 9.59 Å². The zero-order valence-corrected chi connectivity index (χ0v) is 15.8. The maximum absolute atomic E-state index is 12.6. The van der Waals surface area contributed by atoms with Crippen LogP contribution in [0.25, 0.3) is 0 Å². The van der Waals surface area contributed by atoms with Gasteiger partial charge in [-0.05, 0) is 36.6 Å². The summed E-state index contributed by atoms with van der Waals surface area (Å²) in [7, 11) is 0. The first-order valence-electron chi connectivity index (χ1n) is 8.13. The summed E-state index contributed by atoms with van der Waals surface area (Å²) in [5, 5.41) is 6.14. The Kier molecular flexibility index (Phi) is 5.76. The number of benzene rings is 2. The largest absolute Gasteiger partial charge is 0.352 e. The van der Waals surface area contributed by atoms with Crippen molar-refractivity contribution in [3.8, 4) is 0 Å². The van der Waals surface area contributed by atoms with Crippen LogP contribution >= 0.6 is 27.5 Å². The molecule has 0 radical (unpaired) electrons. The lowest BCUT2D eigenvalue weighted by Gasteiger charge is -2.19. The van der Waals surface area contributed by atoms with Crippen molar-refractivity contribution in [2.75, 3.05) is 0 Å². The van der Waals surface area contributed by atoms with Gasteiger partial charge in [0.2, 0.25) is 5.91 Å². The van der Waals surface area contributed by atoms with Crippen LogP contribution in [-0.4, -0.2) is 23.9 Å². The Hall–Kier alpha value is -1.85. The van der Waals surface area contributed by atoms with Gasteiger partial charge in [0.15, 0.2) is 0 Å². The number of carbonyl (C=O) groups excluding carboxylic acids is 2. The molecule has 4 nitrogen and oxygen atoms in total. The standard InChI is InChI=1S/C19H18BrClN2O2/c20-13-6-9-16(21)15(11-13)18(24)23-17(19(25)22-14-7-8-14)10-12-4-2-1-3-5-12/h1-6,9,11,14,17H,7-8,10H2,(H,22,25)(H,23,24). The first-order chi connectivity index (χ1) is 12.0. The average Bonchev–Trinajstić information content (AvgIpc) is 3.41. The molecule has 1 saturated carbocycles. The highest BCUT2D eigenvalue weighted by Crippen LogP contribution is 2.22. The molecule has 3 rings (SSSR count). The zero-order valence-electron chi connectivity index (χ0n) is 13.5. The van der Waals surface area contributed by atoms with Crippen LogP contribution in [0.5, 0.6) is 0 Å². The highest BCUT2D eigenvalue weighted by atomic mass is 79.9. The SMILES string of the molecule is O=C(NC(Cc1ccccc1)C(=O)NC1CC1)c1cc(Br)ccc1Cl. The molecule has 6 heteroatoms. The van der Waals surface area contributed by atoms with Gasteiger partial charge in [0.05, 0.1) is 10.6 Å². The highest BCUT2D eigenvalue weighted by molar-refractivity contribution is 9.10. The minimum Gasteiger partial charge on any atom is -0.352 e. The van der Waals surface area contributed by atoms with Crippen LogP contribution in [-0.2, 0) is 11.2 Å². The Bertz CT molecular complexity index is 778. The molecule has 130 valence electrons. The fourth-order valence-electron chi connectivity index (χ4n) is 2.50. The minimum atomic E-state index is -0.648. The number of carbonyl (C=O) groups is 2. The van der Waals surface area contributed by atoms with Gasteiger partial charge in [-0.1, -0.05) is 57.9 Å². The molecule has 1 atom stereocenters. The lowest BCUT2D eigenvalue weighted by Crippen LogP contribution is -2.48. The van der Waals surface area contributed by atoms with E-state index < -0.39 is 6.04 Å². The van der Waals surface area contributed by atoms with Gasteiger partial charge >= 0.3 is 0 Å². The Morgan fingerprint density at radius 2 is 1.88 bits per heavy atom. The first-order valence-corrected chi connectivity index (χ1v) is 9.30. The lowest BCUT2D eigenvalue weighted by molar-refractivity contribution is -0.123. The molecule has 1 aliphatic rings. The van der Waals surface area contributed by atoms with E-state index in [4.69, 9.17) is 11.6 Å². The minimum absolute atomic E-state index is 0.161. The fourth-order valence-corrected chi connectivity index (χ4v) is 3.06. The van der Waals surface area contributed by atoms with Crippen LogP contribution in [0.1, 0.15) is 28.8 Å². The van der Waals surface area contributed by atoms with E-state index in [1.807, 2.05) is 30.3 Å². The molecule has 2 aromatic rings. The second-order valence-electron chi connectivity index (χ2n) is 6.12. The van der Waals surface area contributed by atoms with E-state index >= 15 is 0 Å². The summed E-state index contributed by atoms with van der Waals surface area (Å²) in [5.74, 6) is -0.524. The van der Waals surface area contributed by atoms with E-state index in [1.54, 1.807) is 18.2 Å². The maximum Gasteiger partial charge on any atom is 0.253 e. The predicted octanol–water partition coefficient (Wildman–Crippen LogP) is 3.72. The third-order valence-electron chi connectivity index (χ3n) is 4.00. The topological polar surface area (TPSA) is 58.2 Å². The van der Waals surface area contributed by atoms with Crippen LogP contribution in [0.4, 0.5) is 0 Å². The Morgan fingerprint density at radius 1 is 1.16 bits per heavy atom. The van der Waals surface area contributed by atoms with Crippen LogP contribution in [0.15, 0.2) is 53.0 Å². The van der Waals surface area contributed by atoms with Crippen molar-refractivity contribution in [1.29, 1.82) is 0 Å². The summed E-state index contributed by atoms with van der Waals surface area (Å²) >= 11 is 9.46. The summed E-state index contributed by atoms with van der Waals surface area (Å²) in [4.78, 5) is 25.2.